The number of benzene rings is 1. The number of carbonyl (C=O) groups is 1. The van der Waals surface area contributed by atoms with E-state index in [2.05, 4.69) is 5.32 Å². The maximum atomic E-state index is 12.5. The highest BCUT2D eigenvalue weighted by molar-refractivity contribution is 5.67. The maximum absolute atomic E-state index is 12.5. The molecule has 0 aliphatic carbocycles. The van der Waals surface area contributed by atoms with Gasteiger partial charge in [0.25, 0.3) is 0 Å². The lowest BCUT2D eigenvalue weighted by molar-refractivity contribution is 0.115. The second-order valence-corrected chi connectivity index (χ2v) is 3.43. The Hall–Kier alpha value is -1.58. The standard InChI is InChI=1S/C11H14FNO2/c1-8(2)15-11(14)13-7-9-3-5-10(12)6-4-9/h3-6,8H,7H2,1-2H3,(H,13,14). The normalized spacial score (nSPS) is 10.1. The van der Waals surface area contributed by atoms with Crippen molar-refractivity contribution >= 4 is 6.09 Å². The second-order valence-electron chi connectivity index (χ2n) is 3.43. The quantitative estimate of drug-likeness (QED) is 0.834. The number of alkyl carbamates (subject to hydrolysis) is 1. The molecule has 3 nitrogen and oxygen atoms in total. The molecule has 1 aromatic rings. The summed E-state index contributed by atoms with van der Waals surface area (Å²) >= 11 is 0. The summed E-state index contributed by atoms with van der Waals surface area (Å²) in [5.41, 5.74) is 0.831. The van der Waals surface area contributed by atoms with Gasteiger partial charge in [-0.05, 0) is 31.5 Å². The molecule has 0 atom stereocenters. The van der Waals surface area contributed by atoms with E-state index in [9.17, 15) is 9.18 Å². The first kappa shape index (κ1) is 11.5. The van der Waals surface area contributed by atoms with Gasteiger partial charge in [-0.25, -0.2) is 9.18 Å². The Morgan fingerprint density at radius 1 is 1.40 bits per heavy atom. The zero-order valence-corrected chi connectivity index (χ0v) is 8.79. The molecular formula is C11H14FNO2. The van der Waals surface area contributed by atoms with E-state index in [-0.39, 0.29) is 11.9 Å². The van der Waals surface area contributed by atoms with Gasteiger partial charge in [0.05, 0.1) is 6.10 Å². The van der Waals surface area contributed by atoms with Gasteiger partial charge in [-0.15, -0.1) is 0 Å². The molecule has 0 aromatic heterocycles. The highest BCUT2D eigenvalue weighted by Crippen LogP contribution is 2.02. The van der Waals surface area contributed by atoms with Crippen molar-refractivity contribution < 1.29 is 13.9 Å². The first-order chi connectivity index (χ1) is 7.08. The van der Waals surface area contributed by atoms with Crippen LogP contribution in [0.5, 0.6) is 0 Å². The van der Waals surface area contributed by atoms with E-state index in [1.807, 2.05) is 0 Å². The van der Waals surface area contributed by atoms with Crippen LogP contribution in [0.15, 0.2) is 24.3 Å². The molecular weight excluding hydrogens is 197 g/mol. The van der Waals surface area contributed by atoms with Crippen LogP contribution in [0.25, 0.3) is 0 Å². The van der Waals surface area contributed by atoms with Crippen molar-refractivity contribution in [2.24, 2.45) is 0 Å². The fraction of sp³-hybridized carbons (Fsp3) is 0.364. The van der Waals surface area contributed by atoms with E-state index < -0.39 is 6.09 Å². The van der Waals surface area contributed by atoms with Gasteiger partial charge in [-0.3, -0.25) is 0 Å². The molecule has 4 heteroatoms. The summed E-state index contributed by atoms with van der Waals surface area (Å²) < 4.78 is 17.4. The van der Waals surface area contributed by atoms with Crippen molar-refractivity contribution in [2.45, 2.75) is 26.5 Å². The highest BCUT2D eigenvalue weighted by atomic mass is 19.1. The van der Waals surface area contributed by atoms with Crippen LogP contribution in [0.1, 0.15) is 19.4 Å². The molecule has 0 aliphatic heterocycles. The molecule has 1 rings (SSSR count). The fourth-order valence-corrected chi connectivity index (χ4v) is 1.03. The number of ether oxygens (including phenoxy) is 1. The topological polar surface area (TPSA) is 38.3 Å². The van der Waals surface area contributed by atoms with Crippen molar-refractivity contribution in [1.29, 1.82) is 0 Å². The lowest BCUT2D eigenvalue weighted by Crippen LogP contribution is -2.26. The molecule has 0 unspecified atom stereocenters. The molecule has 0 saturated carbocycles. The molecule has 0 fully saturated rings. The molecule has 0 bridgehead atoms. The Bertz CT molecular complexity index is 322. The Labute approximate surface area is 88.2 Å². The van der Waals surface area contributed by atoms with Crippen LogP contribution in [0.2, 0.25) is 0 Å². The van der Waals surface area contributed by atoms with Crippen molar-refractivity contribution in [3.63, 3.8) is 0 Å². The van der Waals surface area contributed by atoms with Crippen LogP contribution in [0, 0.1) is 5.82 Å². The molecule has 1 amide bonds. The van der Waals surface area contributed by atoms with Gasteiger partial charge in [0.1, 0.15) is 5.82 Å². The summed E-state index contributed by atoms with van der Waals surface area (Å²) in [5, 5.41) is 2.57. The predicted molar refractivity (Wildman–Crippen MR) is 54.9 cm³/mol. The first-order valence-corrected chi connectivity index (χ1v) is 4.77. The number of amides is 1. The van der Waals surface area contributed by atoms with E-state index in [0.717, 1.165) is 5.56 Å². The lowest BCUT2D eigenvalue weighted by atomic mass is 10.2. The minimum Gasteiger partial charge on any atom is -0.447 e. The molecule has 0 spiro atoms. The Balaban J connectivity index is 2.37. The van der Waals surface area contributed by atoms with Gasteiger partial charge in [0.15, 0.2) is 0 Å². The third kappa shape index (κ3) is 4.44. The van der Waals surface area contributed by atoms with E-state index in [4.69, 9.17) is 4.74 Å². The molecule has 0 radical (unpaired) electrons. The summed E-state index contributed by atoms with van der Waals surface area (Å²) in [6.07, 6.45) is -0.604. The number of nitrogens with one attached hydrogen (secondary N) is 1. The van der Waals surface area contributed by atoms with Crippen LogP contribution in [-0.2, 0) is 11.3 Å². The zero-order valence-electron chi connectivity index (χ0n) is 8.79. The predicted octanol–water partition coefficient (Wildman–Crippen LogP) is 2.46. The Kier molecular flexibility index (Phi) is 4.09. The average molecular weight is 211 g/mol. The highest BCUT2D eigenvalue weighted by Gasteiger charge is 2.03. The van der Waals surface area contributed by atoms with Crippen LogP contribution < -0.4 is 5.32 Å². The van der Waals surface area contributed by atoms with Crippen molar-refractivity contribution in [2.75, 3.05) is 0 Å². The zero-order chi connectivity index (χ0) is 11.3. The van der Waals surface area contributed by atoms with E-state index in [1.165, 1.54) is 12.1 Å². The SMILES string of the molecule is CC(C)OC(=O)NCc1ccc(F)cc1. The van der Waals surface area contributed by atoms with E-state index in [0.29, 0.717) is 6.54 Å². The third-order valence-corrected chi connectivity index (χ3v) is 1.69. The van der Waals surface area contributed by atoms with E-state index >= 15 is 0 Å². The first-order valence-electron chi connectivity index (χ1n) is 4.77. The largest absolute Gasteiger partial charge is 0.447 e. The third-order valence-electron chi connectivity index (χ3n) is 1.69. The monoisotopic (exact) mass is 211 g/mol. The molecule has 0 heterocycles. The summed E-state index contributed by atoms with van der Waals surface area (Å²) in [7, 11) is 0. The number of hydrogen-bond acceptors (Lipinski definition) is 2. The number of rotatable bonds is 3. The summed E-state index contributed by atoms with van der Waals surface area (Å²) in [5.74, 6) is -0.288. The molecule has 0 saturated heterocycles. The average Bonchev–Trinajstić information content (AvgIpc) is 2.16. The second kappa shape index (κ2) is 5.34. The minimum atomic E-state index is -0.464. The molecule has 1 aromatic carbocycles. The van der Waals surface area contributed by atoms with Crippen molar-refractivity contribution in [3.05, 3.63) is 35.6 Å². The number of halogens is 1. The number of carbonyl (C=O) groups excluding carboxylic acids is 1. The Morgan fingerprint density at radius 2 is 2.00 bits per heavy atom. The lowest BCUT2D eigenvalue weighted by Gasteiger charge is -2.09. The van der Waals surface area contributed by atoms with Gasteiger partial charge in [0, 0.05) is 6.54 Å². The molecule has 15 heavy (non-hydrogen) atoms. The van der Waals surface area contributed by atoms with Crippen LogP contribution >= 0.6 is 0 Å². The molecule has 0 aliphatic rings. The van der Waals surface area contributed by atoms with Crippen LogP contribution in [-0.4, -0.2) is 12.2 Å². The van der Waals surface area contributed by atoms with Gasteiger partial charge < -0.3 is 10.1 Å². The van der Waals surface area contributed by atoms with Crippen LogP contribution in [0.4, 0.5) is 9.18 Å². The van der Waals surface area contributed by atoms with E-state index in [1.54, 1.807) is 26.0 Å². The molecule has 82 valence electrons. The summed E-state index contributed by atoms with van der Waals surface area (Å²) in [4.78, 5) is 11.1. The maximum Gasteiger partial charge on any atom is 0.407 e. The smallest absolute Gasteiger partial charge is 0.407 e. The van der Waals surface area contributed by atoms with Gasteiger partial charge in [-0.2, -0.15) is 0 Å². The summed E-state index contributed by atoms with van der Waals surface area (Å²) in [6, 6.07) is 5.94. The van der Waals surface area contributed by atoms with Crippen molar-refractivity contribution in [1.82, 2.24) is 5.32 Å². The van der Waals surface area contributed by atoms with Gasteiger partial charge in [-0.1, -0.05) is 12.1 Å². The molecule has 1 N–H and O–H groups in total. The number of hydrogen-bond donors (Lipinski definition) is 1. The van der Waals surface area contributed by atoms with Gasteiger partial charge in [0.2, 0.25) is 0 Å². The Morgan fingerprint density at radius 3 is 2.53 bits per heavy atom. The fourth-order valence-electron chi connectivity index (χ4n) is 1.03. The van der Waals surface area contributed by atoms with Gasteiger partial charge >= 0.3 is 6.09 Å². The minimum absolute atomic E-state index is 0.141. The van der Waals surface area contributed by atoms with Crippen molar-refractivity contribution in [3.8, 4) is 0 Å². The van der Waals surface area contributed by atoms with Crippen LogP contribution in [0.3, 0.4) is 0 Å². The summed E-state index contributed by atoms with van der Waals surface area (Å²) in [6.45, 7) is 3.89.